The molecule has 2 aromatic heterocycles. The fraction of sp³-hybridized carbons (Fsp3) is 0.192. The van der Waals surface area contributed by atoms with Crippen molar-refractivity contribution < 1.29 is 8.98 Å². The van der Waals surface area contributed by atoms with E-state index in [2.05, 4.69) is 105 Å². The number of fused-ring (bicyclic) bond motifs is 5. The lowest BCUT2D eigenvalue weighted by Gasteiger charge is -2.17. The molecule has 2 heterocycles. The quantitative estimate of drug-likeness (QED) is 0.261. The standard InChI is InChI=1S/C26H26NOSi/c1-17-9-13-21-20-14-11-18-10-12-19(29(3,4)5)16-22(18)25(20)28-26(21)24(17)23-8-6-7-15-27(23)2/h6-16H,1-5H3/q+1. The van der Waals surface area contributed by atoms with Crippen LogP contribution in [0.1, 0.15) is 5.56 Å². The summed E-state index contributed by atoms with van der Waals surface area (Å²) in [7, 11) is 0.687. The lowest BCUT2D eigenvalue weighted by molar-refractivity contribution is -0.660. The molecule has 0 fully saturated rings. The Labute approximate surface area is 172 Å². The number of nitrogens with zero attached hydrogens (tertiary/aromatic N) is 1. The van der Waals surface area contributed by atoms with Crippen LogP contribution in [0.5, 0.6) is 0 Å². The van der Waals surface area contributed by atoms with Crippen molar-refractivity contribution in [3.63, 3.8) is 0 Å². The summed E-state index contributed by atoms with van der Waals surface area (Å²) in [4.78, 5) is 0. The summed E-state index contributed by atoms with van der Waals surface area (Å²) in [6.45, 7) is 9.34. The highest BCUT2D eigenvalue weighted by Gasteiger charge is 2.22. The Bertz CT molecular complexity index is 1410. The molecule has 0 spiro atoms. The van der Waals surface area contributed by atoms with Gasteiger partial charge in [-0.1, -0.05) is 61.2 Å². The molecule has 144 valence electrons. The summed E-state index contributed by atoms with van der Waals surface area (Å²) in [5.41, 5.74) is 5.55. The molecule has 5 aromatic rings. The van der Waals surface area contributed by atoms with Crippen LogP contribution in [-0.4, -0.2) is 8.07 Å². The Morgan fingerprint density at radius 2 is 1.52 bits per heavy atom. The maximum atomic E-state index is 6.66. The average Bonchev–Trinajstić information content (AvgIpc) is 3.06. The molecule has 0 aliphatic rings. The van der Waals surface area contributed by atoms with Crippen molar-refractivity contribution in [1.82, 2.24) is 0 Å². The minimum atomic E-state index is -1.40. The van der Waals surface area contributed by atoms with Gasteiger partial charge in [-0.2, -0.15) is 0 Å². The number of hydrogen-bond donors (Lipinski definition) is 0. The largest absolute Gasteiger partial charge is 0.454 e. The highest BCUT2D eigenvalue weighted by molar-refractivity contribution is 6.88. The van der Waals surface area contributed by atoms with Crippen molar-refractivity contribution in [2.24, 2.45) is 7.05 Å². The fourth-order valence-corrected chi connectivity index (χ4v) is 5.44. The smallest absolute Gasteiger partial charge is 0.216 e. The number of aryl methyl sites for hydroxylation is 2. The predicted octanol–water partition coefficient (Wildman–Crippen LogP) is 6.08. The molecular weight excluding hydrogens is 370 g/mol. The van der Waals surface area contributed by atoms with Crippen LogP contribution in [0.3, 0.4) is 0 Å². The molecule has 3 heteroatoms. The Balaban J connectivity index is 1.91. The molecule has 0 saturated carbocycles. The zero-order valence-corrected chi connectivity index (χ0v) is 18.7. The molecule has 0 bridgehead atoms. The lowest BCUT2D eigenvalue weighted by Crippen LogP contribution is -2.37. The van der Waals surface area contributed by atoms with E-state index in [0.29, 0.717) is 0 Å². The number of benzene rings is 3. The topological polar surface area (TPSA) is 17.0 Å². The highest BCUT2D eigenvalue weighted by Crippen LogP contribution is 2.39. The molecular formula is C26H26NOSi+. The highest BCUT2D eigenvalue weighted by atomic mass is 28.3. The van der Waals surface area contributed by atoms with Gasteiger partial charge in [0.1, 0.15) is 18.2 Å². The van der Waals surface area contributed by atoms with E-state index < -0.39 is 8.07 Å². The van der Waals surface area contributed by atoms with E-state index >= 15 is 0 Å². The minimum absolute atomic E-state index is 0.979. The van der Waals surface area contributed by atoms with Gasteiger partial charge in [0.2, 0.25) is 5.69 Å². The third kappa shape index (κ3) is 2.80. The second kappa shape index (κ2) is 6.29. The Kier molecular flexibility index (Phi) is 3.94. The molecule has 2 nitrogen and oxygen atoms in total. The SMILES string of the molecule is Cc1ccc2c(oc3c4cc([Si](C)(C)C)ccc4ccc23)c1-c1cccc[n+]1C. The van der Waals surface area contributed by atoms with Crippen LogP contribution in [0.25, 0.3) is 44.0 Å². The van der Waals surface area contributed by atoms with E-state index in [0.717, 1.165) is 11.2 Å². The van der Waals surface area contributed by atoms with Crippen molar-refractivity contribution >= 4 is 46.0 Å². The van der Waals surface area contributed by atoms with E-state index in [4.69, 9.17) is 4.42 Å². The number of rotatable bonds is 2. The first-order chi connectivity index (χ1) is 13.8. The van der Waals surface area contributed by atoms with Crippen LogP contribution >= 0.6 is 0 Å². The van der Waals surface area contributed by atoms with E-state index in [1.54, 1.807) is 0 Å². The van der Waals surface area contributed by atoms with Crippen LogP contribution in [0.2, 0.25) is 19.6 Å². The number of pyridine rings is 1. The third-order valence-corrected chi connectivity index (χ3v) is 8.05. The van der Waals surface area contributed by atoms with Gasteiger partial charge in [-0.25, -0.2) is 4.57 Å². The Hall–Kier alpha value is -2.91. The molecule has 0 saturated heterocycles. The lowest BCUT2D eigenvalue weighted by atomic mass is 10.00. The number of hydrogen-bond acceptors (Lipinski definition) is 1. The number of furan rings is 1. The summed E-state index contributed by atoms with van der Waals surface area (Å²) in [5, 5.41) is 6.30. The van der Waals surface area contributed by atoms with Gasteiger partial charge in [0.05, 0.1) is 13.6 Å². The minimum Gasteiger partial charge on any atom is -0.454 e. The van der Waals surface area contributed by atoms with E-state index in [-0.39, 0.29) is 0 Å². The second-order valence-corrected chi connectivity index (χ2v) is 14.1. The molecule has 0 N–H and O–H groups in total. The Morgan fingerprint density at radius 3 is 2.28 bits per heavy atom. The van der Waals surface area contributed by atoms with Gasteiger partial charge in [0.25, 0.3) is 0 Å². The molecule has 5 rings (SSSR count). The molecule has 0 aliphatic carbocycles. The summed E-state index contributed by atoms with van der Waals surface area (Å²) >= 11 is 0. The maximum Gasteiger partial charge on any atom is 0.216 e. The normalized spacial score (nSPS) is 12.3. The van der Waals surface area contributed by atoms with Crippen molar-refractivity contribution in [2.45, 2.75) is 26.6 Å². The van der Waals surface area contributed by atoms with Crippen LogP contribution in [0, 0.1) is 6.92 Å². The summed E-state index contributed by atoms with van der Waals surface area (Å²) in [5.74, 6) is 0. The fourth-order valence-electron chi connectivity index (χ4n) is 4.28. The van der Waals surface area contributed by atoms with Gasteiger partial charge in [0, 0.05) is 28.3 Å². The van der Waals surface area contributed by atoms with Crippen LogP contribution in [-0.2, 0) is 7.05 Å². The van der Waals surface area contributed by atoms with Crippen LogP contribution in [0.4, 0.5) is 0 Å². The monoisotopic (exact) mass is 396 g/mol. The van der Waals surface area contributed by atoms with Crippen LogP contribution < -0.4 is 9.75 Å². The van der Waals surface area contributed by atoms with Crippen molar-refractivity contribution in [1.29, 1.82) is 0 Å². The van der Waals surface area contributed by atoms with Gasteiger partial charge in [-0.05, 0) is 30.0 Å². The third-order valence-electron chi connectivity index (χ3n) is 6.01. The summed E-state index contributed by atoms with van der Waals surface area (Å²) in [6, 6.07) is 22.1. The molecule has 0 atom stereocenters. The predicted molar refractivity (Wildman–Crippen MR) is 126 cm³/mol. The van der Waals surface area contributed by atoms with Gasteiger partial charge in [-0.15, -0.1) is 0 Å². The zero-order chi connectivity index (χ0) is 20.3. The Morgan fingerprint density at radius 1 is 0.793 bits per heavy atom. The number of aromatic nitrogens is 1. The molecule has 0 radical (unpaired) electrons. The van der Waals surface area contributed by atoms with Crippen molar-refractivity contribution in [3.05, 3.63) is 72.4 Å². The maximum absolute atomic E-state index is 6.66. The second-order valence-electron chi connectivity index (χ2n) is 9.06. The van der Waals surface area contributed by atoms with Crippen molar-refractivity contribution in [3.8, 4) is 11.3 Å². The molecule has 0 unspecified atom stereocenters. The summed E-state index contributed by atoms with van der Waals surface area (Å²) in [6.07, 6.45) is 2.09. The van der Waals surface area contributed by atoms with Gasteiger partial charge in [-0.3, -0.25) is 0 Å². The zero-order valence-electron chi connectivity index (χ0n) is 17.7. The molecule has 3 aromatic carbocycles. The average molecular weight is 397 g/mol. The van der Waals surface area contributed by atoms with E-state index in [1.165, 1.54) is 43.6 Å². The van der Waals surface area contributed by atoms with E-state index in [1.807, 2.05) is 0 Å². The first-order valence-corrected chi connectivity index (χ1v) is 13.7. The van der Waals surface area contributed by atoms with Crippen LogP contribution in [0.15, 0.2) is 71.3 Å². The van der Waals surface area contributed by atoms with Gasteiger partial charge < -0.3 is 4.42 Å². The summed E-state index contributed by atoms with van der Waals surface area (Å²) < 4.78 is 8.82. The first kappa shape index (κ1) is 18.1. The van der Waals surface area contributed by atoms with Gasteiger partial charge >= 0.3 is 0 Å². The molecule has 0 aliphatic heterocycles. The molecule has 0 amide bonds. The first-order valence-electron chi connectivity index (χ1n) is 10.2. The van der Waals surface area contributed by atoms with E-state index in [9.17, 15) is 0 Å². The van der Waals surface area contributed by atoms with Crippen molar-refractivity contribution in [2.75, 3.05) is 0 Å². The van der Waals surface area contributed by atoms with Gasteiger partial charge in [0.15, 0.2) is 6.20 Å². The molecule has 29 heavy (non-hydrogen) atoms.